The fraction of sp³-hybridized carbons (Fsp3) is 0.0769. The van der Waals surface area contributed by atoms with E-state index in [0.717, 1.165) is 0 Å². The Morgan fingerprint density at radius 1 is 1.41 bits per heavy atom. The van der Waals surface area contributed by atoms with Crippen LogP contribution in [0.2, 0.25) is 0 Å². The summed E-state index contributed by atoms with van der Waals surface area (Å²) >= 11 is 0. The molecule has 4 nitrogen and oxygen atoms in total. The zero-order valence-corrected chi connectivity index (χ0v) is 9.27. The number of hydrogen-bond donors (Lipinski definition) is 2. The minimum atomic E-state index is -0.371. The van der Waals surface area contributed by atoms with E-state index in [1.54, 1.807) is 13.0 Å². The minimum Gasteiger partial charge on any atom is -0.507 e. The highest BCUT2D eigenvalue weighted by Gasteiger charge is 2.31. The van der Waals surface area contributed by atoms with Crippen LogP contribution in [0.25, 0.3) is 5.57 Å². The van der Waals surface area contributed by atoms with Gasteiger partial charge in [-0.05, 0) is 19.1 Å². The van der Waals surface area contributed by atoms with Crippen LogP contribution < -0.4 is 0 Å². The molecule has 0 unspecified atom stereocenters. The van der Waals surface area contributed by atoms with Gasteiger partial charge in [-0.2, -0.15) is 0 Å². The van der Waals surface area contributed by atoms with E-state index < -0.39 is 0 Å². The summed E-state index contributed by atoms with van der Waals surface area (Å²) in [7, 11) is 0. The largest absolute Gasteiger partial charge is 0.507 e. The summed E-state index contributed by atoms with van der Waals surface area (Å²) in [6.07, 6.45) is 2.84. The number of rotatable bonds is 2. The Kier molecular flexibility index (Phi) is 2.55. The fourth-order valence-electron chi connectivity index (χ4n) is 1.78. The molecule has 0 aliphatic heterocycles. The van der Waals surface area contributed by atoms with Gasteiger partial charge >= 0.3 is 0 Å². The fourth-order valence-corrected chi connectivity index (χ4v) is 1.78. The normalized spacial score (nSPS) is 15.7. The smallest absolute Gasteiger partial charge is 0.199 e. The van der Waals surface area contributed by atoms with Gasteiger partial charge in [-0.3, -0.25) is 9.78 Å². The van der Waals surface area contributed by atoms with Crippen molar-refractivity contribution in [3.05, 3.63) is 53.6 Å². The van der Waals surface area contributed by atoms with E-state index in [0.29, 0.717) is 11.1 Å². The standard InChI is InChI=1S/C13H11NO3/c1-3-8-7(2)12(16)10(13(8)17)11-9(15)5-4-6-14-11/h3-6,15-16H,1H2,2H3. The van der Waals surface area contributed by atoms with Gasteiger partial charge < -0.3 is 10.2 Å². The molecule has 0 atom stereocenters. The van der Waals surface area contributed by atoms with Gasteiger partial charge in [0.25, 0.3) is 0 Å². The number of ketones is 1. The lowest BCUT2D eigenvalue weighted by Crippen LogP contribution is -2.02. The van der Waals surface area contributed by atoms with E-state index in [1.165, 1.54) is 18.3 Å². The van der Waals surface area contributed by atoms with Gasteiger partial charge in [0.15, 0.2) is 5.78 Å². The molecule has 0 bridgehead atoms. The van der Waals surface area contributed by atoms with Crippen molar-refractivity contribution < 1.29 is 15.0 Å². The van der Waals surface area contributed by atoms with Gasteiger partial charge in [0.2, 0.25) is 0 Å². The number of Topliss-reactive ketones (excluding diaryl/α,β-unsaturated/α-hetero) is 1. The van der Waals surface area contributed by atoms with Crippen molar-refractivity contribution in [1.29, 1.82) is 0 Å². The van der Waals surface area contributed by atoms with Crippen LogP contribution in [0.1, 0.15) is 12.6 Å². The molecule has 2 rings (SSSR count). The third-order valence-electron chi connectivity index (χ3n) is 2.70. The first-order valence-electron chi connectivity index (χ1n) is 5.04. The van der Waals surface area contributed by atoms with Crippen LogP contribution >= 0.6 is 0 Å². The highest BCUT2D eigenvalue weighted by atomic mass is 16.3. The molecule has 2 N–H and O–H groups in total. The predicted molar refractivity (Wildman–Crippen MR) is 63.4 cm³/mol. The van der Waals surface area contributed by atoms with E-state index in [1.807, 2.05) is 0 Å². The van der Waals surface area contributed by atoms with Gasteiger partial charge in [0.05, 0.1) is 5.57 Å². The number of aromatic hydroxyl groups is 1. The molecule has 1 aromatic heterocycles. The van der Waals surface area contributed by atoms with E-state index in [-0.39, 0.29) is 28.6 Å². The van der Waals surface area contributed by atoms with Crippen molar-refractivity contribution >= 4 is 11.4 Å². The molecule has 0 saturated heterocycles. The second kappa shape index (κ2) is 3.90. The van der Waals surface area contributed by atoms with E-state index in [4.69, 9.17) is 0 Å². The minimum absolute atomic E-state index is 0.0236. The molecule has 17 heavy (non-hydrogen) atoms. The number of allylic oxidation sites excluding steroid dienone is 4. The Balaban J connectivity index is 2.62. The Bertz CT molecular complexity index is 582. The third kappa shape index (κ3) is 1.54. The van der Waals surface area contributed by atoms with Crippen molar-refractivity contribution in [2.24, 2.45) is 0 Å². The Morgan fingerprint density at radius 3 is 2.65 bits per heavy atom. The number of aliphatic hydroxyl groups excluding tert-OH is 1. The van der Waals surface area contributed by atoms with Crippen LogP contribution in [0.3, 0.4) is 0 Å². The summed E-state index contributed by atoms with van der Waals surface area (Å²) in [6, 6.07) is 2.96. The summed E-state index contributed by atoms with van der Waals surface area (Å²) in [5, 5.41) is 19.6. The molecule has 86 valence electrons. The monoisotopic (exact) mass is 229 g/mol. The van der Waals surface area contributed by atoms with Crippen molar-refractivity contribution in [3.8, 4) is 5.75 Å². The second-order valence-corrected chi connectivity index (χ2v) is 3.67. The molecule has 0 fully saturated rings. The lowest BCUT2D eigenvalue weighted by atomic mass is 10.1. The number of hydrogen-bond acceptors (Lipinski definition) is 4. The quantitative estimate of drug-likeness (QED) is 0.815. The molecule has 0 amide bonds. The Hall–Kier alpha value is -2.36. The first-order valence-corrected chi connectivity index (χ1v) is 5.04. The summed E-state index contributed by atoms with van der Waals surface area (Å²) < 4.78 is 0. The van der Waals surface area contributed by atoms with Crippen molar-refractivity contribution in [2.45, 2.75) is 6.92 Å². The van der Waals surface area contributed by atoms with Crippen LogP contribution in [-0.4, -0.2) is 21.0 Å². The lowest BCUT2D eigenvalue weighted by molar-refractivity contribution is -0.110. The molecule has 0 saturated carbocycles. The molecule has 1 aliphatic rings. The third-order valence-corrected chi connectivity index (χ3v) is 2.70. The predicted octanol–water partition coefficient (Wildman–Crippen LogP) is 2.14. The van der Waals surface area contributed by atoms with Gasteiger partial charge in [-0.1, -0.05) is 12.7 Å². The summed E-state index contributed by atoms with van der Waals surface area (Å²) in [5.74, 6) is -0.664. The van der Waals surface area contributed by atoms with Gasteiger partial charge in [-0.25, -0.2) is 0 Å². The highest BCUT2D eigenvalue weighted by molar-refractivity contribution is 6.33. The summed E-state index contributed by atoms with van der Waals surface area (Å²) in [5.41, 5.74) is 0.898. The molecule has 0 spiro atoms. The first-order chi connectivity index (χ1) is 8.07. The van der Waals surface area contributed by atoms with Gasteiger partial charge in [0, 0.05) is 17.3 Å². The lowest BCUT2D eigenvalue weighted by Gasteiger charge is -2.04. The molecule has 1 aromatic rings. The summed E-state index contributed by atoms with van der Waals surface area (Å²) in [6.45, 7) is 5.15. The van der Waals surface area contributed by atoms with Crippen LogP contribution in [0.5, 0.6) is 5.75 Å². The molecule has 4 heteroatoms. The second-order valence-electron chi connectivity index (χ2n) is 3.67. The van der Waals surface area contributed by atoms with E-state index in [9.17, 15) is 15.0 Å². The summed E-state index contributed by atoms with van der Waals surface area (Å²) in [4.78, 5) is 15.9. The molecule has 1 aliphatic carbocycles. The Labute approximate surface area is 98.2 Å². The average Bonchev–Trinajstić information content (AvgIpc) is 2.52. The van der Waals surface area contributed by atoms with Gasteiger partial charge in [0.1, 0.15) is 17.2 Å². The molecular weight excluding hydrogens is 218 g/mol. The number of aromatic nitrogens is 1. The van der Waals surface area contributed by atoms with Crippen molar-refractivity contribution in [1.82, 2.24) is 4.98 Å². The van der Waals surface area contributed by atoms with Crippen LogP contribution in [0.4, 0.5) is 0 Å². The number of pyridine rings is 1. The van der Waals surface area contributed by atoms with E-state index >= 15 is 0 Å². The van der Waals surface area contributed by atoms with Crippen LogP contribution in [-0.2, 0) is 4.79 Å². The molecule has 0 radical (unpaired) electrons. The maximum Gasteiger partial charge on any atom is 0.199 e. The van der Waals surface area contributed by atoms with E-state index in [2.05, 4.69) is 11.6 Å². The number of carbonyl (C=O) groups excluding carboxylic acids is 1. The zero-order valence-electron chi connectivity index (χ0n) is 9.27. The topological polar surface area (TPSA) is 70.4 Å². The van der Waals surface area contributed by atoms with Crippen LogP contribution in [0.15, 0.2) is 47.9 Å². The van der Waals surface area contributed by atoms with Crippen molar-refractivity contribution in [3.63, 3.8) is 0 Å². The number of nitrogens with zero attached hydrogens (tertiary/aromatic N) is 1. The maximum absolute atomic E-state index is 12.0. The first kappa shape index (κ1) is 11.1. The SMILES string of the molecule is C=CC1=C(C)C(O)=C(c2ncccc2O)C1=O. The number of carbonyl (C=O) groups is 1. The van der Waals surface area contributed by atoms with Gasteiger partial charge in [-0.15, -0.1) is 0 Å². The van der Waals surface area contributed by atoms with Crippen molar-refractivity contribution in [2.75, 3.05) is 0 Å². The molecule has 0 aromatic carbocycles. The zero-order chi connectivity index (χ0) is 12.6. The number of aliphatic hydroxyl groups is 1. The highest BCUT2D eigenvalue weighted by Crippen LogP contribution is 2.36. The Morgan fingerprint density at radius 2 is 2.12 bits per heavy atom. The molecular formula is C13H11NO3. The molecule has 1 heterocycles. The van der Waals surface area contributed by atoms with Crippen LogP contribution in [0, 0.1) is 0 Å². The average molecular weight is 229 g/mol. The maximum atomic E-state index is 12.0.